The lowest BCUT2D eigenvalue weighted by atomic mass is 9.98. The monoisotopic (exact) mass is 552 g/mol. The molecule has 0 radical (unpaired) electrons. The van der Waals surface area contributed by atoms with E-state index in [2.05, 4.69) is 15.3 Å². The predicted octanol–water partition coefficient (Wildman–Crippen LogP) is 2.29. The SMILES string of the molecule is COc1cc(CNC(=O)c2nc3scc(COCC4CCN(CS(C)(=O)=O)CC4)c3c(=O)[nH]2)ccc1F. The van der Waals surface area contributed by atoms with Crippen LogP contribution >= 0.6 is 11.3 Å². The minimum atomic E-state index is -3.03. The Kier molecular flexibility index (Phi) is 8.57. The molecule has 2 aromatic heterocycles. The molecule has 13 heteroatoms. The Morgan fingerprint density at radius 3 is 2.78 bits per heavy atom. The van der Waals surface area contributed by atoms with Gasteiger partial charge in [0.15, 0.2) is 21.4 Å². The zero-order chi connectivity index (χ0) is 26.6. The average molecular weight is 553 g/mol. The van der Waals surface area contributed by atoms with Gasteiger partial charge in [0.2, 0.25) is 5.82 Å². The molecule has 0 saturated carbocycles. The summed E-state index contributed by atoms with van der Waals surface area (Å²) in [7, 11) is -1.67. The summed E-state index contributed by atoms with van der Waals surface area (Å²) in [6.45, 7) is 2.29. The van der Waals surface area contributed by atoms with Gasteiger partial charge in [-0.25, -0.2) is 17.8 Å². The third-order valence-corrected chi connectivity index (χ3v) is 7.89. The molecule has 0 bridgehead atoms. The molecule has 3 aromatic rings. The number of fused-ring (bicyclic) bond motifs is 1. The van der Waals surface area contributed by atoms with Gasteiger partial charge in [-0.2, -0.15) is 0 Å². The van der Waals surface area contributed by atoms with Gasteiger partial charge >= 0.3 is 0 Å². The Bertz CT molecular complexity index is 1430. The van der Waals surface area contributed by atoms with Gasteiger partial charge in [0.25, 0.3) is 11.5 Å². The second kappa shape index (κ2) is 11.7. The second-order valence-corrected chi connectivity index (χ2v) is 12.1. The maximum Gasteiger partial charge on any atom is 0.287 e. The van der Waals surface area contributed by atoms with Crippen molar-refractivity contribution in [3.05, 3.63) is 56.7 Å². The number of hydrogen-bond acceptors (Lipinski definition) is 9. The van der Waals surface area contributed by atoms with Gasteiger partial charge in [0.1, 0.15) is 10.7 Å². The fraction of sp³-hybridized carbons (Fsp3) is 0.458. The zero-order valence-corrected chi connectivity index (χ0v) is 22.2. The number of aromatic nitrogens is 2. The number of ether oxygens (including phenoxy) is 2. The number of thiophene rings is 1. The number of sulfone groups is 1. The summed E-state index contributed by atoms with van der Waals surface area (Å²) in [5.74, 6) is -0.684. The lowest BCUT2D eigenvalue weighted by Crippen LogP contribution is -2.38. The number of amides is 1. The number of aromatic amines is 1. The molecule has 1 saturated heterocycles. The van der Waals surface area contributed by atoms with Gasteiger partial charge < -0.3 is 19.8 Å². The van der Waals surface area contributed by atoms with Crippen molar-refractivity contribution >= 4 is 37.3 Å². The third kappa shape index (κ3) is 7.12. The molecule has 10 nitrogen and oxygen atoms in total. The standard InChI is InChI=1S/C24H29FN4O6S2/c1-34-19-9-16(3-4-18(19)25)10-26-23(31)21-27-22(30)20-17(13-36-24(20)28-21)12-35-11-15-5-7-29(8-6-15)14-37(2,32)33/h3-4,9,13,15H,5-8,10-12,14H2,1-2H3,(H,26,31)(H,27,28,30). The summed E-state index contributed by atoms with van der Waals surface area (Å²) in [5, 5.41) is 4.86. The molecule has 200 valence electrons. The Morgan fingerprint density at radius 2 is 2.08 bits per heavy atom. The molecule has 1 amide bonds. The van der Waals surface area contributed by atoms with E-state index < -0.39 is 27.1 Å². The first-order chi connectivity index (χ1) is 17.6. The molecule has 3 heterocycles. The molecule has 1 aliphatic rings. The molecule has 1 aromatic carbocycles. The van der Waals surface area contributed by atoms with Gasteiger partial charge in [-0.15, -0.1) is 11.3 Å². The average Bonchev–Trinajstić information content (AvgIpc) is 3.27. The van der Waals surface area contributed by atoms with Crippen molar-refractivity contribution in [3.8, 4) is 5.75 Å². The molecule has 0 spiro atoms. The predicted molar refractivity (Wildman–Crippen MR) is 138 cm³/mol. The molecule has 1 fully saturated rings. The number of methoxy groups -OCH3 is 1. The quantitative estimate of drug-likeness (QED) is 0.392. The molecule has 37 heavy (non-hydrogen) atoms. The number of halogens is 1. The van der Waals surface area contributed by atoms with Crippen LogP contribution in [0.1, 0.15) is 34.6 Å². The first-order valence-corrected chi connectivity index (χ1v) is 14.7. The summed E-state index contributed by atoms with van der Waals surface area (Å²) in [5.41, 5.74) is 0.910. The van der Waals surface area contributed by atoms with Crippen molar-refractivity contribution < 1.29 is 27.1 Å². The first-order valence-electron chi connectivity index (χ1n) is 11.7. The van der Waals surface area contributed by atoms with Crippen molar-refractivity contribution in [1.82, 2.24) is 20.2 Å². The summed E-state index contributed by atoms with van der Waals surface area (Å²) < 4.78 is 47.3. The minimum absolute atomic E-state index is 0.0745. The highest BCUT2D eigenvalue weighted by Gasteiger charge is 2.22. The van der Waals surface area contributed by atoms with E-state index in [1.807, 2.05) is 4.90 Å². The number of likely N-dealkylation sites (tertiary alicyclic amines) is 1. The summed E-state index contributed by atoms with van der Waals surface area (Å²) in [6, 6.07) is 4.27. The largest absolute Gasteiger partial charge is 0.494 e. The van der Waals surface area contributed by atoms with E-state index in [1.54, 1.807) is 5.38 Å². The lowest BCUT2D eigenvalue weighted by molar-refractivity contribution is 0.0616. The molecular formula is C24H29FN4O6S2. The van der Waals surface area contributed by atoms with Crippen LogP contribution in [0.5, 0.6) is 5.75 Å². The number of rotatable bonds is 10. The normalized spacial score (nSPS) is 15.2. The molecule has 2 N–H and O–H groups in total. The Labute approximate surface area is 217 Å². The molecule has 0 unspecified atom stereocenters. The van der Waals surface area contributed by atoms with Crippen molar-refractivity contribution in [2.75, 3.05) is 38.9 Å². The van der Waals surface area contributed by atoms with Gasteiger partial charge in [-0.05, 0) is 54.9 Å². The highest BCUT2D eigenvalue weighted by Crippen LogP contribution is 2.24. The van der Waals surface area contributed by atoms with Crippen molar-refractivity contribution in [1.29, 1.82) is 0 Å². The number of hydrogen-bond donors (Lipinski definition) is 2. The second-order valence-electron chi connectivity index (χ2n) is 9.14. The van der Waals surface area contributed by atoms with E-state index in [-0.39, 0.29) is 30.6 Å². The van der Waals surface area contributed by atoms with Crippen molar-refractivity contribution in [2.45, 2.75) is 26.0 Å². The van der Waals surface area contributed by atoms with Crippen LogP contribution in [-0.2, 0) is 27.7 Å². The Morgan fingerprint density at radius 1 is 1.32 bits per heavy atom. The Hall–Kier alpha value is -2.87. The lowest BCUT2D eigenvalue weighted by Gasteiger charge is -2.31. The van der Waals surface area contributed by atoms with Crippen LogP contribution in [0.2, 0.25) is 0 Å². The van der Waals surface area contributed by atoms with Crippen molar-refractivity contribution in [2.24, 2.45) is 5.92 Å². The minimum Gasteiger partial charge on any atom is -0.494 e. The fourth-order valence-electron chi connectivity index (χ4n) is 4.25. The summed E-state index contributed by atoms with van der Waals surface area (Å²) in [6.07, 6.45) is 2.95. The number of H-pyrrole nitrogens is 1. The van der Waals surface area contributed by atoms with Crippen LogP contribution in [-0.4, -0.2) is 68.1 Å². The Balaban J connectivity index is 1.32. The van der Waals surface area contributed by atoms with E-state index in [0.29, 0.717) is 47.0 Å². The van der Waals surface area contributed by atoms with E-state index >= 15 is 0 Å². The maximum absolute atomic E-state index is 13.6. The smallest absolute Gasteiger partial charge is 0.287 e. The number of piperidine rings is 1. The number of nitrogens with zero attached hydrogens (tertiary/aromatic N) is 2. The van der Waals surface area contributed by atoms with Crippen molar-refractivity contribution in [3.63, 3.8) is 0 Å². The zero-order valence-electron chi connectivity index (χ0n) is 20.6. The van der Waals surface area contributed by atoms with Crippen LogP contribution in [0, 0.1) is 11.7 Å². The van der Waals surface area contributed by atoms with Gasteiger partial charge in [-0.3, -0.25) is 14.5 Å². The topological polar surface area (TPSA) is 131 Å². The van der Waals surface area contributed by atoms with E-state index in [1.165, 1.54) is 42.9 Å². The molecule has 0 atom stereocenters. The number of carbonyl (C=O) groups excluding carboxylic acids is 1. The van der Waals surface area contributed by atoms with Crippen LogP contribution in [0.25, 0.3) is 10.2 Å². The highest BCUT2D eigenvalue weighted by molar-refractivity contribution is 7.90. The number of benzene rings is 1. The molecule has 0 aliphatic carbocycles. The van der Waals surface area contributed by atoms with Crippen LogP contribution in [0.4, 0.5) is 4.39 Å². The van der Waals surface area contributed by atoms with Gasteiger partial charge in [0.05, 0.1) is 19.1 Å². The van der Waals surface area contributed by atoms with Crippen LogP contribution in [0.3, 0.4) is 0 Å². The molecule has 4 rings (SSSR count). The van der Waals surface area contributed by atoms with Crippen LogP contribution in [0.15, 0.2) is 28.4 Å². The number of carbonyl (C=O) groups is 1. The summed E-state index contributed by atoms with van der Waals surface area (Å²) >= 11 is 1.26. The maximum atomic E-state index is 13.6. The van der Waals surface area contributed by atoms with Gasteiger partial charge in [0, 0.05) is 25.0 Å². The van der Waals surface area contributed by atoms with E-state index in [4.69, 9.17) is 9.47 Å². The third-order valence-electron chi connectivity index (χ3n) is 6.14. The summed E-state index contributed by atoms with van der Waals surface area (Å²) in [4.78, 5) is 34.6. The van der Waals surface area contributed by atoms with E-state index in [0.717, 1.165) is 12.8 Å². The number of nitrogens with one attached hydrogen (secondary N) is 2. The first kappa shape index (κ1) is 27.2. The van der Waals surface area contributed by atoms with Crippen LogP contribution < -0.4 is 15.6 Å². The van der Waals surface area contributed by atoms with E-state index in [9.17, 15) is 22.4 Å². The molecular weight excluding hydrogens is 523 g/mol. The highest BCUT2D eigenvalue weighted by atomic mass is 32.2. The fourth-order valence-corrected chi connectivity index (χ4v) is 6.10. The van der Waals surface area contributed by atoms with Gasteiger partial charge in [-0.1, -0.05) is 6.07 Å². The molecule has 1 aliphatic heterocycles.